The number of benzene rings is 2. The van der Waals surface area contributed by atoms with Gasteiger partial charge in [-0.05, 0) is 37.3 Å². The van der Waals surface area contributed by atoms with Gasteiger partial charge in [-0.15, -0.1) is 0 Å². The highest BCUT2D eigenvalue weighted by Gasteiger charge is 2.15. The summed E-state index contributed by atoms with van der Waals surface area (Å²) in [6.45, 7) is 1.27. The first-order valence-electron chi connectivity index (χ1n) is 7.46. The fourth-order valence-corrected chi connectivity index (χ4v) is 2.60. The smallest absolute Gasteiger partial charge is 0.338 e. The number of nitrogens with one attached hydrogen (secondary N) is 1. The highest BCUT2D eigenvalue weighted by Crippen LogP contribution is 2.19. The number of nitrogens with zero attached hydrogens (tertiary/aromatic N) is 2. The molecule has 0 saturated heterocycles. The Kier molecular flexibility index (Phi) is 4.68. The summed E-state index contributed by atoms with van der Waals surface area (Å²) in [5.41, 5.74) is 0.442. The molecule has 8 nitrogen and oxygen atoms in total. The maximum atomic E-state index is 12.1. The summed E-state index contributed by atoms with van der Waals surface area (Å²) in [6, 6.07) is 8.60. The number of halogens is 1. The highest BCUT2D eigenvalue weighted by atomic mass is 35.5. The molecule has 0 aliphatic carbocycles. The standard InChI is InChI=1S/C17H12ClN3O5/c1-9-6-10(2-5-14(9)21(24)25)17(23)26-8-15-19-13-7-11(18)3-4-12(13)16(22)20-15/h2-7H,8H2,1H3,(H,19,20,22). The van der Waals surface area contributed by atoms with E-state index in [-0.39, 0.29) is 29.2 Å². The van der Waals surface area contributed by atoms with Crippen molar-refractivity contribution in [3.63, 3.8) is 0 Å². The molecule has 3 aromatic rings. The maximum Gasteiger partial charge on any atom is 0.338 e. The fourth-order valence-electron chi connectivity index (χ4n) is 2.43. The molecule has 0 radical (unpaired) electrons. The lowest BCUT2D eigenvalue weighted by Crippen LogP contribution is -2.14. The number of ether oxygens (including phenoxy) is 1. The zero-order valence-corrected chi connectivity index (χ0v) is 14.2. The Bertz CT molecular complexity index is 1090. The van der Waals surface area contributed by atoms with Gasteiger partial charge in [0, 0.05) is 16.7 Å². The van der Waals surface area contributed by atoms with Crippen LogP contribution in [0.4, 0.5) is 5.69 Å². The van der Waals surface area contributed by atoms with Crippen LogP contribution in [0.2, 0.25) is 5.02 Å². The quantitative estimate of drug-likeness (QED) is 0.426. The summed E-state index contributed by atoms with van der Waals surface area (Å²) in [7, 11) is 0. The lowest BCUT2D eigenvalue weighted by atomic mass is 10.1. The topological polar surface area (TPSA) is 115 Å². The summed E-state index contributed by atoms with van der Waals surface area (Å²) in [5, 5.41) is 11.6. The molecule has 1 aromatic heterocycles. The number of carbonyl (C=O) groups excluding carboxylic acids is 1. The van der Waals surface area contributed by atoms with Crippen LogP contribution in [0.25, 0.3) is 10.9 Å². The normalized spacial score (nSPS) is 10.7. The molecule has 0 aliphatic heterocycles. The molecule has 1 N–H and O–H groups in total. The van der Waals surface area contributed by atoms with E-state index >= 15 is 0 Å². The largest absolute Gasteiger partial charge is 0.454 e. The van der Waals surface area contributed by atoms with E-state index in [0.29, 0.717) is 21.5 Å². The number of esters is 1. The van der Waals surface area contributed by atoms with Gasteiger partial charge in [0.05, 0.1) is 21.4 Å². The predicted octanol–water partition coefficient (Wildman–Crippen LogP) is 3.15. The van der Waals surface area contributed by atoms with Crippen LogP contribution in [0.5, 0.6) is 0 Å². The predicted molar refractivity (Wildman–Crippen MR) is 94.3 cm³/mol. The van der Waals surface area contributed by atoms with E-state index in [0.717, 1.165) is 0 Å². The molecule has 26 heavy (non-hydrogen) atoms. The fraction of sp³-hybridized carbons (Fsp3) is 0.118. The van der Waals surface area contributed by atoms with Gasteiger partial charge in [-0.1, -0.05) is 11.6 Å². The second-order valence-electron chi connectivity index (χ2n) is 5.51. The first-order valence-corrected chi connectivity index (χ1v) is 7.83. The van der Waals surface area contributed by atoms with Gasteiger partial charge in [0.2, 0.25) is 0 Å². The van der Waals surface area contributed by atoms with Crippen LogP contribution in [0.1, 0.15) is 21.7 Å². The summed E-state index contributed by atoms with van der Waals surface area (Å²) in [5.74, 6) is -0.520. The molecule has 0 spiro atoms. The lowest BCUT2D eigenvalue weighted by Gasteiger charge is -2.06. The minimum absolute atomic E-state index is 0.0843. The Balaban J connectivity index is 1.79. The van der Waals surface area contributed by atoms with Gasteiger partial charge in [-0.25, -0.2) is 9.78 Å². The first-order chi connectivity index (χ1) is 12.3. The van der Waals surface area contributed by atoms with E-state index in [1.54, 1.807) is 12.1 Å². The Morgan fingerprint density at radius 1 is 1.31 bits per heavy atom. The Morgan fingerprint density at radius 3 is 2.77 bits per heavy atom. The van der Waals surface area contributed by atoms with E-state index in [1.807, 2.05) is 0 Å². The van der Waals surface area contributed by atoms with E-state index in [9.17, 15) is 19.7 Å². The Morgan fingerprint density at radius 2 is 2.08 bits per heavy atom. The summed E-state index contributed by atoms with van der Waals surface area (Å²) in [6.07, 6.45) is 0. The first kappa shape index (κ1) is 17.6. The number of H-pyrrole nitrogens is 1. The third-order valence-corrected chi connectivity index (χ3v) is 3.92. The molecule has 0 aliphatic rings. The molecule has 0 saturated carbocycles. The van der Waals surface area contributed by atoms with Crippen molar-refractivity contribution in [3.05, 3.63) is 78.8 Å². The van der Waals surface area contributed by atoms with Crippen molar-refractivity contribution >= 4 is 34.2 Å². The van der Waals surface area contributed by atoms with Crippen molar-refractivity contribution in [1.29, 1.82) is 0 Å². The summed E-state index contributed by atoms with van der Waals surface area (Å²) >= 11 is 5.90. The SMILES string of the molecule is Cc1cc(C(=O)OCc2nc3cc(Cl)ccc3c(=O)[nH]2)ccc1[N+](=O)[O-]. The molecule has 9 heteroatoms. The van der Waals surface area contributed by atoms with Gasteiger partial charge < -0.3 is 9.72 Å². The molecular weight excluding hydrogens is 362 g/mol. The van der Waals surface area contributed by atoms with Crippen LogP contribution in [0.3, 0.4) is 0 Å². The van der Waals surface area contributed by atoms with Gasteiger partial charge in [0.25, 0.3) is 11.2 Å². The number of aryl methyl sites for hydroxylation is 1. The number of carbonyl (C=O) groups is 1. The van der Waals surface area contributed by atoms with Crippen LogP contribution in [0.15, 0.2) is 41.2 Å². The lowest BCUT2D eigenvalue weighted by molar-refractivity contribution is -0.385. The summed E-state index contributed by atoms with van der Waals surface area (Å²) in [4.78, 5) is 41.2. The van der Waals surface area contributed by atoms with E-state index in [2.05, 4.69) is 9.97 Å². The van der Waals surface area contributed by atoms with Crippen LogP contribution >= 0.6 is 11.6 Å². The van der Waals surface area contributed by atoms with E-state index in [4.69, 9.17) is 16.3 Å². The van der Waals surface area contributed by atoms with E-state index in [1.165, 1.54) is 31.2 Å². The van der Waals surface area contributed by atoms with Crippen LogP contribution in [-0.4, -0.2) is 20.9 Å². The van der Waals surface area contributed by atoms with Crippen LogP contribution in [-0.2, 0) is 11.3 Å². The molecule has 0 unspecified atom stereocenters. The number of hydrogen-bond acceptors (Lipinski definition) is 6. The maximum absolute atomic E-state index is 12.1. The molecule has 2 aromatic carbocycles. The van der Waals surface area contributed by atoms with Crippen molar-refractivity contribution in [1.82, 2.24) is 9.97 Å². The van der Waals surface area contributed by atoms with Crippen molar-refractivity contribution in [2.24, 2.45) is 0 Å². The molecular formula is C17H12ClN3O5. The number of fused-ring (bicyclic) bond motifs is 1. The zero-order chi connectivity index (χ0) is 18.8. The number of hydrogen-bond donors (Lipinski definition) is 1. The molecule has 1 heterocycles. The van der Waals surface area contributed by atoms with Crippen molar-refractivity contribution in [3.8, 4) is 0 Å². The van der Waals surface area contributed by atoms with Crippen molar-refractivity contribution < 1.29 is 14.5 Å². The van der Waals surface area contributed by atoms with Gasteiger partial charge >= 0.3 is 5.97 Å². The number of nitro benzene ring substituents is 1. The number of rotatable bonds is 4. The highest BCUT2D eigenvalue weighted by molar-refractivity contribution is 6.31. The van der Waals surface area contributed by atoms with Gasteiger partial charge in [0.15, 0.2) is 0 Å². The monoisotopic (exact) mass is 373 g/mol. The molecule has 0 atom stereocenters. The third-order valence-electron chi connectivity index (χ3n) is 3.69. The zero-order valence-electron chi connectivity index (χ0n) is 13.5. The van der Waals surface area contributed by atoms with Gasteiger partial charge in [-0.2, -0.15) is 0 Å². The van der Waals surface area contributed by atoms with Gasteiger partial charge in [0.1, 0.15) is 12.4 Å². The minimum Gasteiger partial charge on any atom is -0.454 e. The second-order valence-corrected chi connectivity index (χ2v) is 5.95. The molecule has 0 amide bonds. The average molecular weight is 374 g/mol. The Hall–Kier alpha value is -3.26. The minimum atomic E-state index is -0.683. The molecule has 0 fully saturated rings. The van der Waals surface area contributed by atoms with Gasteiger partial charge in [-0.3, -0.25) is 14.9 Å². The van der Waals surface area contributed by atoms with Crippen LogP contribution in [0, 0.1) is 17.0 Å². The molecule has 3 rings (SSSR count). The molecule has 0 bridgehead atoms. The molecule has 132 valence electrons. The third kappa shape index (κ3) is 3.55. The number of aromatic amines is 1. The van der Waals surface area contributed by atoms with Crippen molar-refractivity contribution in [2.45, 2.75) is 13.5 Å². The summed E-state index contributed by atoms with van der Waals surface area (Å²) < 4.78 is 5.13. The number of aromatic nitrogens is 2. The average Bonchev–Trinajstić information content (AvgIpc) is 2.58. The van der Waals surface area contributed by atoms with Crippen molar-refractivity contribution in [2.75, 3.05) is 0 Å². The number of nitro groups is 1. The Labute approximate surface area is 151 Å². The second kappa shape index (κ2) is 6.93. The van der Waals surface area contributed by atoms with E-state index < -0.39 is 10.9 Å². The van der Waals surface area contributed by atoms with Crippen LogP contribution < -0.4 is 5.56 Å².